The van der Waals surface area contributed by atoms with Crippen LogP contribution < -0.4 is 10.1 Å². The summed E-state index contributed by atoms with van der Waals surface area (Å²) in [4.78, 5) is 24.9. The van der Waals surface area contributed by atoms with Crippen LogP contribution in [0, 0.1) is 6.92 Å². The van der Waals surface area contributed by atoms with Crippen LogP contribution in [0.4, 0.5) is 5.82 Å². The number of methoxy groups -OCH3 is 1. The van der Waals surface area contributed by atoms with Crippen molar-refractivity contribution in [1.29, 1.82) is 0 Å². The lowest BCUT2D eigenvalue weighted by Gasteiger charge is -2.18. The number of nitrogens with one attached hydrogen (secondary N) is 1. The van der Waals surface area contributed by atoms with Gasteiger partial charge in [-0.05, 0) is 51.1 Å². The fourth-order valence-corrected chi connectivity index (χ4v) is 4.56. The molecule has 3 heterocycles. The molecule has 5 rings (SSSR count). The molecule has 29 heavy (non-hydrogen) atoms. The standard InChI is InChI=1S/C23H24N4O2/c1-14-18(29-2)6-5-16-19-17-13-24-8-7-15(17)22(28)20(19)23(26-21(14)16)25-9-12-27-10-3-4-11-27/h5-8,13H,3-4,9-12H2,1-2H3,(H,25,26). The van der Waals surface area contributed by atoms with Crippen LogP contribution in [-0.4, -0.2) is 53.9 Å². The van der Waals surface area contributed by atoms with E-state index >= 15 is 0 Å². The summed E-state index contributed by atoms with van der Waals surface area (Å²) < 4.78 is 5.51. The van der Waals surface area contributed by atoms with Crippen LogP contribution >= 0.6 is 0 Å². The fraction of sp³-hybridized carbons (Fsp3) is 0.348. The van der Waals surface area contributed by atoms with Crippen LogP contribution in [0.2, 0.25) is 0 Å². The number of hydrogen-bond acceptors (Lipinski definition) is 6. The third-order valence-corrected chi connectivity index (χ3v) is 6.06. The molecule has 6 heteroatoms. The normalized spacial score (nSPS) is 15.6. The minimum atomic E-state index is 0.0175. The summed E-state index contributed by atoms with van der Waals surface area (Å²) >= 11 is 0. The molecule has 148 valence electrons. The van der Waals surface area contributed by atoms with Crippen molar-refractivity contribution in [3.8, 4) is 16.9 Å². The van der Waals surface area contributed by atoms with Crippen molar-refractivity contribution in [1.82, 2.24) is 14.9 Å². The number of hydrogen-bond donors (Lipinski definition) is 1. The maximum Gasteiger partial charge on any atom is 0.198 e. The second-order valence-corrected chi connectivity index (χ2v) is 7.73. The van der Waals surface area contributed by atoms with E-state index in [4.69, 9.17) is 9.72 Å². The van der Waals surface area contributed by atoms with Crippen molar-refractivity contribution in [2.45, 2.75) is 19.8 Å². The summed E-state index contributed by atoms with van der Waals surface area (Å²) in [5.41, 5.74) is 4.99. The van der Waals surface area contributed by atoms with E-state index in [1.54, 1.807) is 25.6 Å². The number of fused-ring (bicyclic) bond motifs is 5. The molecule has 6 nitrogen and oxygen atoms in total. The largest absolute Gasteiger partial charge is 0.496 e. The van der Waals surface area contributed by atoms with E-state index in [1.807, 2.05) is 19.1 Å². The van der Waals surface area contributed by atoms with Crippen molar-refractivity contribution in [3.05, 3.63) is 47.3 Å². The molecule has 0 radical (unpaired) electrons. The maximum absolute atomic E-state index is 13.2. The van der Waals surface area contributed by atoms with Gasteiger partial charge in [-0.1, -0.05) is 0 Å². The van der Waals surface area contributed by atoms with E-state index in [0.717, 1.165) is 59.5 Å². The molecular weight excluding hydrogens is 364 g/mol. The van der Waals surface area contributed by atoms with Crippen molar-refractivity contribution in [3.63, 3.8) is 0 Å². The Morgan fingerprint density at radius 2 is 1.97 bits per heavy atom. The highest BCUT2D eigenvalue weighted by Gasteiger charge is 2.33. The Hall–Kier alpha value is -2.99. The third kappa shape index (κ3) is 2.86. The quantitative estimate of drug-likeness (QED) is 0.563. The number of aryl methyl sites for hydroxylation is 1. The van der Waals surface area contributed by atoms with E-state index in [9.17, 15) is 4.79 Å². The van der Waals surface area contributed by atoms with Crippen molar-refractivity contribution in [2.75, 3.05) is 38.6 Å². The van der Waals surface area contributed by atoms with Crippen LogP contribution in [0.3, 0.4) is 0 Å². The Kier molecular flexibility index (Phi) is 4.43. The Morgan fingerprint density at radius 3 is 2.76 bits per heavy atom. The van der Waals surface area contributed by atoms with Gasteiger partial charge < -0.3 is 15.0 Å². The maximum atomic E-state index is 13.2. The van der Waals surface area contributed by atoms with Gasteiger partial charge >= 0.3 is 0 Å². The fourth-order valence-electron chi connectivity index (χ4n) is 4.56. The van der Waals surface area contributed by atoms with Gasteiger partial charge in [0.1, 0.15) is 11.6 Å². The first-order valence-electron chi connectivity index (χ1n) is 10.2. The molecule has 2 aromatic heterocycles. The number of ether oxygens (including phenoxy) is 1. The molecule has 1 aliphatic heterocycles. The van der Waals surface area contributed by atoms with Gasteiger partial charge in [0.25, 0.3) is 0 Å². The molecule has 1 fully saturated rings. The number of nitrogens with zero attached hydrogens (tertiary/aromatic N) is 3. The van der Waals surface area contributed by atoms with Gasteiger partial charge in [-0.15, -0.1) is 0 Å². The number of aromatic nitrogens is 2. The lowest BCUT2D eigenvalue weighted by atomic mass is 9.99. The molecule has 0 atom stereocenters. The van der Waals surface area contributed by atoms with E-state index in [-0.39, 0.29) is 5.78 Å². The molecule has 0 amide bonds. The minimum Gasteiger partial charge on any atom is -0.496 e. The molecule has 0 unspecified atom stereocenters. The average molecular weight is 388 g/mol. The predicted molar refractivity (Wildman–Crippen MR) is 114 cm³/mol. The third-order valence-electron chi connectivity index (χ3n) is 6.06. The zero-order valence-corrected chi connectivity index (χ0v) is 16.8. The number of anilines is 1. The zero-order valence-electron chi connectivity index (χ0n) is 16.8. The second kappa shape index (κ2) is 7.12. The Bertz CT molecular complexity index is 1120. The number of carbonyl (C=O) groups excluding carboxylic acids is 1. The number of carbonyl (C=O) groups is 1. The van der Waals surface area contributed by atoms with Gasteiger partial charge in [0.15, 0.2) is 5.78 Å². The summed E-state index contributed by atoms with van der Waals surface area (Å²) in [6, 6.07) is 5.74. The molecule has 3 aromatic rings. The molecule has 1 aromatic carbocycles. The number of likely N-dealkylation sites (tertiary alicyclic amines) is 1. The highest BCUT2D eigenvalue weighted by atomic mass is 16.5. The van der Waals surface area contributed by atoms with Gasteiger partial charge in [-0.25, -0.2) is 4.98 Å². The number of rotatable bonds is 5. The van der Waals surface area contributed by atoms with E-state index in [1.165, 1.54) is 12.8 Å². The molecular formula is C23H24N4O2. The Labute approximate surface area is 169 Å². The predicted octanol–water partition coefficient (Wildman–Crippen LogP) is 3.67. The van der Waals surface area contributed by atoms with Gasteiger partial charge in [0.2, 0.25) is 0 Å². The van der Waals surface area contributed by atoms with E-state index in [0.29, 0.717) is 16.9 Å². The average Bonchev–Trinajstić information content (AvgIpc) is 3.36. The molecule has 1 N–H and O–H groups in total. The smallest absolute Gasteiger partial charge is 0.198 e. The van der Waals surface area contributed by atoms with Gasteiger partial charge in [0.05, 0.1) is 18.2 Å². The van der Waals surface area contributed by atoms with Crippen LogP contribution in [-0.2, 0) is 0 Å². The molecule has 0 saturated carbocycles. The summed E-state index contributed by atoms with van der Waals surface area (Å²) in [6.45, 7) is 6.02. The Morgan fingerprint density at radius 1 is 1.14 bits per heavy atom. The summed E-state index contributed by atoms with van der Waals surface area (Å²) in [5, 5.41) is 4.42. The molecule has 1 saturated heterocycles. The number of pyridine rings is 2. The molecule has 0 bridgehead atoms. The highest BCUT2D eigenvalue weighted by molar-refractivity contribution is 6.28. The first-order chi connectivity index (χ1) is 14.2. The van der Waals surface area contributed by atoms with E-state index in [2.05, 4.69) is 15.2 Å². The molecule has 2 aliphatic rings. The second-order valence-electron chi connectivity index (χ2n) is 7.73. The highest BCUT2D eigenvalue weighted by Crippen LogP contribution is 2.44. The lowest BCUT2D eigenvalue weighted by molar-refractivity contribution is 0.104. The first-order valence-corrected chi connectivity index (χ1v) is 10.2. The first kappa shape index (κ1) is 18.1. The van der Waals surface area contributed by atoms with Crippen LogP contribution in [0.25, 0.3) is 22.0 Å². The summed E-state index contributed by atoms with van der Waals surface area (Å²) in [5.74, 6) is 1.47. The summed E-state index contributed by atoms with van der Waals surface area (Å²) in [7, 11) is 1.67. The molecule has 0 spiro atoms. The van der Waals surface area contributed by atoms with Crippen molar-refractivity contribution >= 4 is 22.5 Å². The summed E-state index contributed by atoms with van der Waals surface area (Å²) in [6.07, 6.45) is 5.99. The van der Waals surface area contributed by atoms with E-state index < -0.39 is 0 Å². The number of benzene rings is 1. The van der Waals surface area contributed by atoms with Crippen LogP contribution in [0.15, 0.2) is 30.6 Å². The van der Waals surface area contributed by atoms with Gasteiger partial charge in [0, 0.05) is 53.1 Å². The van der Waals surface area contributed by atoms with Crippen LogP contribution in [0.5, 0.6) is 5.75 Å². The van der Waals surface area contributed by atoms with Gasteiger partial charge in [-0.3, -0.25) is 9.78 Å². The topological polar surface area (TPSA) is 67.3 Å². The van der Waals surface area contributed by atoms with Crippen LogP contribution in [0.1, 0.15) is 34.3 Å². The molecule has 1 aliphatic carbocycles. The van der Waals surface area contributed by atoms with Crippen molar-refractivity contribution < 1.29 is 9.53 Å². The SMILES string of the molecule is COc1ccc2c3c(c(NCCN4CCCC4)nc2c1C)C(=O)c1ccncc1-3. The zero-order chi connectivity index (χ0) is 20.0. The Balaban J connectivity index is 1.65. The van der Waals surface area contributed by atoms with Crippen molar-refractivity contribution in [2.24, 2.45) is 0 Å². The monoisotopic (exact) mass is 388 g/mol. The van der Waals surface area contributed by atoms with Gasteiger partial charge in [-0.2, -0.15) is 0 Å². The number of ketones is 1. The lowest BCUT2D eigenvalue weighted by Crippen LogP contribution is -2.26. The minimum absolute atomic E-state index is 0.0175.